The maximum atomic E-state index is 12.2. The molecular formula is C10H15F3O4S. The molecule has 0 atom stereocenters. The maximum Gasteiger partial charge on any atom is 0.534 e. The van der Waals surface area contributed by atoms with E-state index in [4.69, 9.17) is 5.11 Å². The van der Waals surface area contributed by atoms with Crippen molar-refractivity contribution >= 4 is 10.1 Å². The monoisotopic (exact) mass is 288 g/mol. The number of aliphatic hydroxyl groups is 1. The van der Waals surface area contributed by atoms with Crippen LogP contribution in [0.25, 0.3) is 0 Å². The van der Waals surface area contributed by atoms with Gasteiger partial charge in [0.25, 0.3) is 0 Å². The van der Waals surface area contributed by atoms with Crippen molar-refractivity contribution in [2.45, 2.75) is 44.0 Å². The Labute approximate surface area is 104 Å². The van der Waals surface area contributed by atoms with Crippen LogP contribution in [-0.4, -0.2) is 25.6 Å². The molecule has 0 saturated carbocycles. The Morgan fingerprint density at radius 3 is 2.17 bits per heavy atom. The third-order valence-corrected chi connectivity index (χ3v) is 3.70. The molecule has 0 fully saturated rings. The van der Waals surface area contributed by atoms with E-state index in [0.29, 0.717) is 19.3 Å². The highest BCUT2D eigenvalue weighted by molar-refractivity contribution is 7.87. The molecule has 1 N–H and O–H groups in total. The molecule has 1 aliphatic rings. The van der Waals surface area contributed by atoms with Gasteiger partial charge in [0.05, 0.1) is 6.61 Å². The van der Waals surface area contributed by atoms with E-state index in [1.807, 2.05) is 0 Å². The van der Waals surface area contributed by atoms with Crippen LogP contribution in [0.15, 0.2) is 11.3 Å². The Balaban J connectivity index is 2.96. The summed E-state index contributed by atoms with van der Waals surface area (Å²) in [5, 5.41) is 9.06. The fraction of sp³-hybridized carbons (Fsp3) is 0.800. The van der Waals surface area contributed by atoms with Crippen LogP contribution in [0.4, 0.5) is 13.2 Å². The largest absolute Gasteiger partial charge is 0.534 e. The van der Waals surface area contributed by atoms with E-state index in [1.54, 1.807) is 0 Å². The van der Waals surface area contributed by atoms with Gasteiger partial charge in [-0.1, -0.05) is 12.8 Å². The zero-order chi connectivity index (χ0) is 13.8. The second-order valence-electron chi connectivity index (χ2n) is 4.08. The average Bonchev–Trinajstić information content (AvgIpc) is 2.21. The Morgan fingerprint density at radius 1 is 1.11 bits per heavy atom. The number of allylic oxidation sites excluding steroid dienone is 1. The van der Waals surface area contributed by atoms with Gasteiger partial charge < -0.3 is 9.29 Å². The van der Waals surface area contributed by atoms with Gasteiger partial charge in [0.1, 0.15) is 5.76 Å². The summed E-state index contributed by atoms with van der Waals surface area (Å²) in [6.45, 7) is -0.483. The maximum absolute atomic E-state index is 12.2. The van der Waals surface area contributed by atoms with Gasteiger partial charge >= 0.3 is 15.6 Å². The molecule has 0 aromatic rings. The molecule has 0 aromatic carbocycles. The van der Waals surface area contributed by atoms with Gasteiger partial charge in [-0.05, 0) is 24.8 Å². The average molecular weight is 288 g/mol. The Morgan fingerprint density at radius 2 is 1.67 bits per heavy atom. The van der Waals surface area contributed by atoms with Crippen LogP contribution in [0.1, 0.15) is 38.5 Å². The minimum absolute atomic E-state index is 0.102. The smallest absolute Gasteiger partial charge is 0.392 e. The normalized spacial score (nSPS) is 23.3. The molecule has 0 heterocycles. The van der Waals surface area contributed by atoms with Crippen molar-refractivity contribution in [1.29, 1.82) is 0 Å². The summed E-state index contributed by atoms with van der Waals surface area (Å²) in [7, 11) is -5.64. The first kappa shape index (κ1) is 15.3. The van der Waals surface area contributed by atoms with Crippen LogP contribution in [0.5, 0.6) is 0 Å². The molecule has 106 valence electrons. The Kier molecular flexibility index (Phi) is 5.03. The van der Waals surface area contributed by atoms with Crippen LogP contribution < -0.4 is 0 Å². The van der Waals surface area contributed by atoms with Crippen LogP contribution in [0, 0.1) is 0 Å². The second-order valence-corrected chi connectivity index (χ2v) is 5.62. The van der Waals surface area contributed by atoms with Crippen molar-refractivity contribution in [2.24, 2.45) is 0 Å². The van der Waals surface area contributed by atoms with E-state index < -0.39 is 22.2 Å². The fourth-order valence-corrected chi connectivity index (χ4v) is 2.30. The lowest BCUT2D eigenvalue weighted by molar-refractivity contribution is -0.0524. The van der Waals surface area contributed by atoms with Crippen LogP contribution in [-0.2, 0) is 14.3 Å². The molecule has 0 radical (unpaired) electrons. The second kappa shape index (κ2) is 5.92. The first-order chi connectivity index (χ1) is 8.28. The Hall–Kier alpha value is -0.760. The molecule has 0 spiro atoms. The lowest BCUT2D eigenvalue weighted by Crippen LogP contribution is -2.26. The SMILES string of the molecule is O=S(=O)(O/C1=C(\CO)CCCCCC1)C(F)(F)F. The van der Waals surface area contributed by atoms with Gasteiger partial charge in [-0.15, -0.1) is 0 Å². The number of alkyl halides is 3. The molecule has 0 unspecified atom stereocenters. The van der Waals surface area contributed by atoms with Gasteiger partial charge in [0, 0.05) is 6.42 Å². The number of hydrogen-bond donors (Lipinski definition) is 1. The zero-order valence-corrected chi connectivity index (χ0v) is 10.5. The lowest BCUT2D eigenvalue weighted by atomic mass is 9.99. The van der Waals surface area contributed by atoms with E-state index in [1.165, 1.54) is 0 Å². The summed E-state index contributed by atoms with van der Waals surface area (Å²) < 4.78 is 62.6. The number of rotatable bonds is 3. The Bertz CT molecular complexity index is 411. The minimum atomic E-state index is -5.64. The summed E-state index contributed by atoms with van der Waals surface area (Å²) >= 11 is 0. The molecule has 0 aromatic heterocycles. The van der Waals surface area contributed by atoms with E-state index >= 15 is 0 Å². The lowest BCUT2D eigenvalue weighted by Gasteiger charge is -2.18. The predicted octanol–water partition coefficient (Wildman–Crippen LogP) is 2.45. The molecule has 0 aliphatic heterocycles. The van der Waals surface area contributed by atoms with Crippen molar-refractivity contribution in [3.8, 4) is 0 Å². The summed E-state index contributed by atoms with van der Waals surface area (Å²) in [6, 6.07) is 0. The van der Waals surface area contributed by atoms with Crippen molar-refractivity contribution < 1.29 is 30.9 Å². The molecule has 1 rings (SSSR count). The summed E-state index contributed by atoms with van der Waals surface area (Å²) in [5.41, 5.74) is -5.20. The summed E-state index contributed by atoms with van der Waals surface area (Å²) in [5.74, 6) is -0.255. The molecule has 18 heavy (non-hydrogen) atoms. The number of aliphatic hydroxyl groups excluding tert-OH is 1. The molecule has 1 aliphatic carbocycles. The summed E-state index contributed by atoms with van der Waals surface area (Å²) in [6.07, 6.45) is 3.42. The first-order valence-electron chi connectivity index (χ1n) is 5.60. The van der Waals surface area contributed by atoms with Gasteiger partial charge in [0.15, 0.2) is 0 Å². The van der Waals surface area contributed by atoms with Crippen LogP contribution in [0.2, 0.25) is 0 Å². The van der Waals surface area contributed by atoms with Crippen LogP contribution >= 0.6 is 0 Å². The quantitative estimate of drug-likeness (QED) is 0.640. The highest BCUT2D eigenvalue weighted by Crippen LogP contribution is 2.31. The van der Waals surface area contributed by atoms with E-state index in [0.717, 1.165) is 12.8 Å². The number of hydrogen-bond acceptors (Lipinski definition) is 4. The van der Waals surface area contributed by atoms with Gasteiger partial charge in [-0.25, -0.2) is 0 Å². The standard InChI is InChI=1S/C10H15F3O4S/c11-10(12,13)18(15,16)17-9-6-4-2-1-3-5-8(9)7-14/h14H,1-7H2/b9-8-. The van der Waals surface area contributed by atoms with Crippen molar-refractivity contribution in [2.75, 3.05) is 6.61 Å². The van der Waals surface area contributed by atoms with Gasteiger partial charge in [0.2, 0.25) is 0 Å². The van der Waals surface area contributed by atoms with Crippen molar-refractivity contribution in [3.63, 3.8) is 0 Å². The third kappa shape index (κ3) is 3.88. The highest BCUT2D eigenvalue weighted by Gasteiger charge is 2.49. The molecule has 0 saturated heterocycles. The third-order valence-electron chi connectivity index (χ3n) is 2.71. The molecule has 0 amide bonds. The van der Waals surface area contributed by atoms with Gasteiger partial charge in [-0.3, -0.25) is 0 Å². The zero-order valence-electron chi connectivity index (χ0n) is 9.66. The summed E-state index contributed by atoms with van der Waals surface area (Å²) in [4.78, 5) is 0. The van der Waals surface area contributed by atoms with Crippen molar-refractivity contribution in [1.82, 2.24) is 0 Å². The molecular weight excluding hydrogens is 273 g/mol. The topological polar surface area (TPSA) is 63.6 Å². The molecule has 0 bridgehead atoms. The predicted molar refractivity (Wildman–Crippen MR) is 57.9 cm³/mol. The number of halogens is 3. The van der Waals surface area contributed by atoms with E-state index in [9.17, 15) is 21.6 Å². The minimum Gasteiger partial charge on any atom is -0.392 e. The molecule has 4 nitrogen and oxygen atoms in total. The van der Waals surface area contributed by atoms with Crippen LogP contribution in [0.3, 0.4) is 0 Å². The highest BCUT2D eigenvalue weighted by atomic mass is 32.2. The van der Waals surface area contributed by atoms with E-state index in [-0.39, 0.29) is 17.8 Å². The van der Waals surface area contributed by atoms with E-state index in [2.05, 4.69) is 4.18 Å². The fourth-order valence-electron chi connectivity index (χ4n) is 1.74. The first-order valence-corrected chi connectivity index (χ1v) is 7.01. The van der Waals surface area contributed by atoms with Gasteiger partial charge in [-0.2, -0.15) is 21.6 Å². The molecule has 8 heteroatoms. The van der Waals surface area contributed by atoms with Crippen molar-refractivity contribution in [3.05, 3.63) is 11.3 Å².